The number of carbonyl (C=O) groups is 1. The van der Waals surface area contributed by atoms with Crippen molar-refractivity contribution < 1.29 is 14.3 Å². The molecule has 0 N–H and O–H groups in total. The highest BCUT2D eigenvalue weighted by Crippen LogP contribution is 2.34. The van der Waals surface area contributed by atoms with E-state index in [1.165, 1.54) is 0 Å². The van der Waals surface area contributed by atoms with E-state index in [1.54, 1.807) is 7.11 Å². The lowest BCUT2D eigenvalue weighted by atomic mass is 9.98. The SMILES string of the molecule is CCC(=O)c1cccc(-c2ccccc2)c1OCC(CN(C(C)C)C(C)C)OC. The largest absolute Gasteiger partial charge is 0.489 e. The van der Waals surface area contributed by atoms with Crippen LogP contribution in [0.5, 0.6) is 5.75 Å². The standard InChI is InChI=1S/C25H35NO3/c1-7-24(27)23-15-11-14-22(20-12-9-8-10-13-20)25(23)29-17-21(28-6)16-26(18(2)3)19(4)5/h8-15,18-19,21H,7,16-17H2,1-6H3. The number of benzene rings is 2. The number of hydrogen-bond acceptors (Lipinski definition) is 4. The summed E-state index contributed by atoms with van der Waals surface area (Å²) in [5.41, 5.74) is 2.60. The van der Waals surface area contributed by atoms with Crippen LogP contribution in [0.4, 0.5) is 0 Å². The van der Waals surface area contributed by atoms with Gasteiger partial charge in [0.1, 0.15) is 18.5 Å². The van der Waals surface area contributed by atoms with E-state index < -0.39 is 0 Å². The van der Waals surface area contributed by atoms with Gasteiger partial charge in [0.15, 0.2) is 5.78 Å². The summed E-state index contributed by atoms with van der Waals surface area (Å²) in [6.45, 7) is 11.8. The molecule has 0 heterocycles. The van der Waals surface area contributed by atoms with E-state index >= 15 is 0 Å². The van der Waals surface area contributed by atoms with E-state index in [4.69, 9.17) is 9.47 Å². The number of para-hydroxylation sites is 1. The molecule has 2 aromatic carbocycles. The van der Waals surface area contributed by atoms with Gasteiger partial charge < -0.3 is 9.47 Å². The monoisotopic (exact) mass is 397 g/mol. The number of nitrogens with zero attached hydrogens (tertiary/aromatic N) is 1. The Balaban J connectivity index is 2.31. The van der Waals surface area contributed by atoms with Crippen LogP contribution in [0.1, 0.15) is 51.4 Å². The fourth-order valence-electron chi connectivity index (χ4n) is 3.57. The summed E-state index contributed by atoms with van der Waals surface area (Å²) in [6.07, 6.45) is 0.352. The molecule has 0 radical (unpaired) electrons. The fraction of sp³-hybridized carbons (Fsp3) is 0.480. The van der Waals surface area contributed by atoms with Crippen molar-refractivity contribution >= 4 is 5.78 Å². The normalized spacial score (nSPS) is 12.6. The molecule has 4 heteroatoms. The Morgan fingerprint density at radius 2 is 1.62 bits per heavy atom. The number of carbonyl (C=O) groups excluding carboxylic acids is 1. The second kappa shape index (κ2) is 11.1. The van der Waals surface area contributed by atoms with Gasteiger partial charge in [-0.05, 0) is 39.3 Å². The Bertz CT molecular complexity index is 763. The molecule has 0 saturated carbocycles. The minimum atomic E-state index is -0.0896. The minimum Gasteiger partial charge on any atom is -0.489 e. The second-order valence-corrected chi connectivity index (χ2v) is 7.88. The number of Topliss-reactive ketones (excluding diaryl/α,β-unsaturated/α-hetero) is 1. The highest BCUT2D eigenvalue weighted by atomic mass is 16.5. The van der Waals surface area contributed by atoms with Gasteiger partial charge in [0.25, 0.3) is 0 Å². The summed E-state index contributed by atoms with van der Waals surface area (Å²) in [6, 6.07) is 16.7. The number of methoxy groups -OCH3 is 1. The maximum atomic E-state index is 12.6. The van der Waals surface area contributed by atoms with Crippen LogP contribution in [0.15, 0.2) is 48.5 Å². The Morgan fingerprint density at radius 1 is 0.966 bits per heavy atom. The Labute approximate surface area is 175 Å². The first-order chi connectivity index (χ1) is 13.9. The first-order valence-electron chi connectivity index (χ1n) is 10.5. The fourth-order valence-corrected chi connectivity index (χ4v) is 3.57. The average molecular weight is 398 g/mol. The predicted molar refractivity (Wildman–Crippen MR) is 120 cm³/mol. The summed E-state index contributed by atoms with van der Waals surface area (Å²) in [5, 5.41) is 0. The molecule has 0 aromatic heterocycles. The smallest absolute Gasteiger partial charge is 0.166 e. The Hall–Kier alpha value is -2.17. The lowest BCUT2D eigenvalue weighted by Gasteiger charge is -2.33. The molecule has 1 unspecified atom stereocenters. The maximum Gasteiger partial charge on any atom is 0.166 e. The van der Waals surface area contributed by atoms with Crippen LogP contribution >= 0.6 is 0 Å². The topological polar surface area (TPSA) is 38.8 Å². The quantitative estimate of drug-likeness (QED) is 0.472. The van der Waals surface area contributed by atoms with Crippen LogP contribution in [0.2, 0.25) is 0 Å². The van der Waals surface area contributed by atoms with Gasteiger partial charge in [-0.15, -0.1) is 0 Å². The van der Waals surface area contributed by atoms with Crippen molar-refractivity contribution in [3.8, 4) is 16.9 Å². The van der Waals surface area contributed by atoms with Crippen molar-refractivity contribution in [1.29, 1.82) is 0 Å². The molecule has 0 amide bonds. The van der Waals surface area contributed by atoms with Crippen molar-refractivity contribution in [2.45, 2.75) is 59.2 Å². The Kier molecular flexibility index (Phi) is 8.87. The van der Waals surface area contributed by atoms with Crippen LogP contribution in [0.25, 0.3) is 11.1 Å². The molecular weight excluding hydrogens is 362 g/mol. The molecule has 0 bridgehead atoms. The van der Waals surface area contributed by atoms with Crippen molar-refractivity contribution in [3.63, 3.8) is 0 Å². The molecule has 0 fully saturated rings. The summed E-state index contributed by atoms with van der Waals surface area (Å²) in [7, 11) is 1.72. The highest BCUT2D eigenvalue weighted by molar-refractivity contribution is 6.00. The number of hydrogen-bond donors (Lipinski definition) is 0. The zero-order valence-corrected chi connectivity index (χ0v) is 18.6. The van der Waals surface area contributed by atoms with Crippen molar-refractivity contribution in [2.75, 3.05) is 20.3 Å². The maximum absolute atomic E-state index is 12.6. The average Bonchev–Trinajstić information content (AvgIpc) is 2.73. The van der Waals surface area contributed by atoms with Gasteiger partial charge in [-0.2, -0.15) is 0 Å². The first kappa shape index (κ1) is 23.1. The van der Waals surface area contributed by atoms with E-state index in [-0.39, 0.29) is 11.9 Å². The molecule has 0 aliphatic carbocycles. The minimum absolute atomic E-state index is 0.0812. The van der Waals surface area contributed by atoms with Gasteiger partial charge in [-0.1, -0.05) is 49.4 Å². The Morgan fingerprint density at radius 3 is 2.17 bits per heavy atom. The summed E-state index contributed by atoms with van der Waals surface area (Å²) in [5.74, 6) is 0.728. The van der Waals surface area contributed by atoms with Crippen LogP contribution in [-0.4, -0.2) is 49.1 Å². The van der Waals surface area contributed by atoms with Crippen molar-refractivity contribution in [2.24, 2.45) is 0 Å². The first-order valence-corrected chi connectivity index (χ1v) is 10.5. The van der Waals surface area contributed by atoms with Crippen LogP contribution in [-0.2, 0) is 4.74 Å². The molecule has 158 valence electrons. The lowest BCUT2D eigenvalue weighted by molar-refractivity contribution is 0.0128. The van der Waals surface area contributed by atoms with Crippen LogP contribution < -0.4 is 4.74 Å². The third-order valence-electron chi connectivity index (χ3n) is 5.21. The van der Waals surface area contributed by atoms with Crippen molar-refractivity contribution in [3.05, 3.63) is 54.1 Å². The molecule has 0 aliphatic heterocycles. The molecule has 2 rings (SSSR count). The van der Waals surface area contributed by atoms with Crippen molar-refractivity contribution in [1.82, 2.24) is 4.90 Å². The molecule has 2 aromatic rings. The zero-order valence-electron chi connectivity index (χ0n) is 18.6. The van der Waals surface area contributed by atoms with Gasteiger partial charge in [-0.25, -0.2) is 0 Å². The predicted octanol–water partition coefficient (Wildman–Crippen LogP) is 5.46. The molecule has 0 spiro atoms. The van der Waals surface area contributed by atoms with Crippen LogP contribution in [0.3, 0.4) is 0 Å². The summed E-state index contributed by atoms with van der Waals surface area (Å²) in [4.78, 5) is 15.0. The summed E-state index contributed by atoms with van der Waals surface area (Å²) < 4.78 is 12.0. The number of ether oxygens (including phenoxy) is 2. The van der Waals surface area contributed by atoms with E-state index in [0.29, 0.717) is 36.4 Å². The number of ketones is 1. The van der Waals surface area contributed by atoms with E-state index in [2.05, 4.69) is 32.6 Å². The third-order valence-corrected chi connectivity index (χ3v) is 5.21. The molecule has 4 nitrogen and oxygen atoms in total. The zero-order chi connectivity index (χ0) is 21.4. The lowest BCUT2D eigenvalue weighted by Crippen LogP contribution is -2.44. The van der Waals surface area contributed by atoms with E-state index in [9.17, 15) is 4.79 Å². The van der Waals surface area contributed by atoms with E-state index in [1.807, 2.05) is 55.5 Å². The van der Waals surface area contributed by atoms with E-state index in [0.717, 1.165) is 17.7 Å². The second-order valence-electron chi connectivity index (χ2n) is 7.88. The summed E-state index contributed by atoms with van der Waals surface area (Å²) >= 11 is 0. The van der Waals surface area contributed by atoms with Gasteiger partial charge in [0.05, 0.1) is 5.56 Å². The van der Waals surface area contributed by atoms with Gasteiger partial charge in [0, 0.05) is 37.7 Å². The van der Waals surface area contributed by atoms with Gasteiger partial charge in [0.2, 0.25) is 0 Å². The molecule has 1 atom stereocenters. The molecule has 0 saturated heterocycles. The van der Waals surface area contributed by atoms with Gasteiger partial charge in [-0.3, -0.25) is 9.69 Å². The molecule has 0 aliphatic rings. The van der Waals surface area contributed by atoms with Gasteiger partial charge >= 0.3 is 0 Å². The molecule has 29 heavy (non-hydrogen) atoms. The third kappa shape index (κ3) is 6.15. The highest BCUT2D eigenvalue weighted by Gasteiger charge is 2.22. The number of rotatable bonds is 11. The van der Waals surface area contributed by atoms with Crippen LogP contribution in [0, 0.1) is 0 Å². The molecular formula is C25H35NO3.